The molecule has 0 spiro atoms. The van der Waals surface area contributed by atoms with Crippen LogP contribution >= 0.6 is 0 Å². The number of nitrogens with two attached hydrogens (primary N) is 1. The van der Waals surface area contributed by atoms with Crippen molar-refractivity contribution in [3.8, 4) is 0 Å². The fraction of sp³-hybridized carbons (Fsp3) is 0.143. The number of hydrogen-bond donors (Lipinski definition) is 1. The van der Waals surface area contributed by atoms with E-state index in [9.17, 15) is 4.39 Å². The lowest BCUT2D eigenvalue weighted by molar-refractivity contribution is 0.622. The first kappa shape index (κ1) is 10.8. The molecule has 0 saturated heterocycles. The van der Waals surface area contributed by atoms with Crippen LogP contribution in [0.1, 0.15) is 17.2 Å². The molecule has 2 heteroatoms. The molecule has 0 saturated carbocycles. The van der Waals surface area contributed by atoms with Crippen molar-refractivity contribution in [1.29, 1.82) is 0 Å². The normalized spacial score (nSPS) is 12.4. The second-order valence-electron chi connectivity index (χ2n) is 3.85. The molecule has 16 heavy (non-hydrogen) atoms. The number of hydrogen-bond acceptors (Lipinski definition) is 1. The van der Waals surface area contributed by atoms with Gasteiger partial charge in [-0.1, -0.05) is 42.5 Å². The minimum atomic E-state index is -0.210. The molecule has 0 heterocycles. The summed E-state index contributed by atoms with van der Waals surface area (Å²) in [5.41, 5.74) is 8.06. The maximum atomic E-state index is 13.0. The van der Waals surface area contributed by atoms with E-state index in [2.05, 4.69) is 0 Å². The Morgan fingerprint density at radius 1 is 1.00 bits per heavy atom. The summed E-state index contributed by atoms with van der Waals surface area (Å²) < 4.78 is 13.0. The standard InChI is InChI=1S/C14H14FN/c15-13-8-4-5-11(9-13)10-14(16)12-6-2-1-3-7-12/h1-9,14H,10,16H2/t14-/m0/s1. The molecular weight excluding hydrogens is 201 g/mol. The molecule has 0 fully saturated rings. The van der Waals surface area contributed by atoms with E-state index in [4.69, 9.17) is 5.73 Å². The van der Waals surface area contributed by atoms with Crippen molar-refractivity contribution >= 4 is 0 Å². The Kier molecular flexibility index (Phi) is 3.32. The van der Waals surface area contributed by atoms with Crippen LogP contribution in [0.15, 0.2) is 54.6 Å². The van der Waals surface area contributed by atoms with Crippen molar-refractivity contribution in [2.75, 3.05) is 0 Å². The zero-order chi connectivity index (χ0) is 11.4. The van der Waals surface area contributed by atoms with Gasteiger partial charge in [-0.3, -0.25) is 0 Å². The van der Waals surface area contributed by atoms with E-state index >= 15 is 0 Å². The Balaban J connectivity index is 2.11. The molecule has 0 aliphatic rings. The number of benzene rings is 2. The number of rotatable bonds is 3. The molecule has 0 amide bonds. The lowest BCUT2D eigenvalue weighted by Gasteiger charge is -2.11. The summed E-state index contributed by atoms with van der Waals surface area (Å²) in [4.78, 5) is 0. The summed E-state index contributed by atoms with van der Waals surface area (Å²) in [6, 6.07) is 16.4. The van der Waals surface area contributed by atoms with Crippen LogP contribution in [0.25, 0.3) is 0 Å². The van der Waals surface area contributed by atoms with Crippen LogP contribution < -0.4 is 5.73 Å². The average Bonchev–Trinajstić information content (AvgIpc) is 2.30. The maximum absolute atomic E-state index is 13.0. The summed E-state index contributed by atoms with van der Waals surface area (Å²) in [5, 5.41) is 0. The van der Waals surface area contributed by atoms with Crippen molar-refractivity contribution in [1.82, 2.24) is 0 Å². The van der Waals surface area contributed by atoms with Crippen LogP contribution in [-0.4, -0.2) is 0 Å². The summed E-state index contributed by atoms with van der Waals surface area (Å²) in [7, 11) is 0. The second kappa shape index (κ2) is 4.90. The van der Waals surface area contributed by atoms with Gasteiger partial charge in [0, 0.05) is 6.04 Å². The maximum Gasteiger partial charge on any atom is 0.123 e. The van der Waals surface area contributed by atoms with Gasteiger partial charge >= 0.3 is 0 Å². The largest absolute Gasteiger partial charge is 0.324 e. The molecule has 0 aliphatic carbocycles. The monoisotopic (exact) mass is 215 g/mol. The van der Waals surface area contributed by atoms with Gasteiger partial charge in [0.25, 0.3) is 0 Å². The molecule has 2 rings (SSSR count). The van der Waals surface area contributed by atoms with Gasteiger partial charge in [0.05, 0.1) is 0 Å². The predicted octanol–water partition coefficient (Wildman–Crippen LogP) is 3.07. The molecule has 0 aliphatic heterocycles. The first-order chi connectivity index (χ1) is 7.75. The second-order valence-corrected chi connectivity index (χ2v) is 3.85. The Labute approximate surface area is 94.7 Å². The molecule has 2 aromatic carbocycles. The van der Waals surface area contributed by atoms with E-state index in [-0.39, 0.29) is 11.9 Å². The van der Waals surface area contributed by atoms with Crippen molar-refractivity contribution in [2.45, 2.75) is 12.5 Å². The lowest BCUT2D eigenvalue weighted by Crippen LogP contribution is -2.13. The van der Waals surface area contributed by atoms with E-state index in [0.29, 0.717) is 6.42 Å². The topological polar surface area (TPSA) is 26.0 Å². The minimum absolute atomic E-state index is 0.0806. The van der Waals surface area contributed by atoms with Crippen LogP contribution in [-0.2, 0) is 6.42 Å². The van der Waals surface area contributed by atoms with E-state index in [1.165, 1.54) is 12.1 Å². The molecule has 0 aromatic heterocycles. The Morgan fingerprint density at radius 3 is 2.44 bits per heavy atom. The van der Waals surface area contributed by atoms with Crippen LogP contribution in [0.4, 0.5) is 4.39 Å². The van der Waals surface area contributed by atoms with Gasteiger partial charge in [0.2, 0.25) is 0 Å². The highest BCUT2D eigenvalue weighted by Crippen LogP contribution is 2.16. The quantitative estimate of drug-likeness (QED) is 0.836. The summed E-state index contributed by atoms with van der Waals surface area (Å²) in [6.07, 6.45) is 0.655. The van der Waals surface area contributed by atoms with Gasteiger partial charge < -0.3 is 5.73 Å². The zero-order valence-electron chi connectivity index (χ0n) is 8.94. The molecule has 2 N–H and O–H groups in total. The molecule has 0 bridgehead atoms. The van der Waals surface area contributed by atoms with Gasteiger partial charge in [-0.15, -0.1) is 0 Å². The fourth-order valence-electron chi connectivity index (χ4n) is 1.74. The highest BCUT2D eigenvalue weighted by molar-refractivity contribution is 5.23. The lowest BCUT2D eigenvalue weighted by atomic mass is 10.00. The molecule has 82 valence electrons. The molecule has 0 radical (unpaired) electrons. The first-order valence-corrected chi connectivity index (χ1v) is 5.30. The smallest absolute Gasteiger partial charge is 0.123 e. The molecule has 1 nitrogen and oxygen atoms in total. The third-order valence-electron chi connectivity index (χ3n) is 2.57. The van der Waals surface area contributed by atoms with E-state index in [1.807, 2.05) is 36.4 Å². The third-order valence-corrected chi connectivity index (χ3v) is 2.57. The van der Waals surface area contributed by atoms with Crippen molar-refractivity contribution in [2.24, 2.45) is 5.73 Å². The highest BCUT2D eigenvalue weighted by atomic mass is 19.1. The molecule has 1 atom stereocenters. The van der Waals surface area contributed by atoms with Gasteiger partial charge in [-0.2, -0.15) is 0 Å². The predicted molar refractivity (Wildman–Crippen MR) is 63.5 cm³/mol. The van der Waals surface area contributed by atoms with Gasteiger partial charge in [0.15, 0.2) is 0 Å². The van der Waals surface area contributed by atoms with Gasteiger partial charge in [-0.05, 0) is 29.7 Å². The van der Waals surface area contributed by atoms with E-state index in [1.54, 1.807) is 6.07 Å². The number of halogens is 1. The van der Waals surface area contributed by atoms with Crippen molar-refractivity contribution < 1.29 is 4.39 Å². The molecular formula is C14H14FN. The van der Waals surface area contributed by atoms with Crippen LogP contribution in [0.2, 0.25) is 0 Å². The minimum Gasteiger partial charge on any atom is -0.324 e. The van der Waals surface area contributed by atoms with Gasteiger partial charge in [0.1, 0.15) is 5.82 Å². The summed E-state index contributed by atoms with van der Waals surface area (Å²) in [5.74, 6) is -0.210. The first-order valence-electron chi connectivity index (χ1n) is 5.30. The Morgan fingerprint density at radius 2 is 1.75 bits per heavy atom. The highest BCUT2D eigenvalue weighted by Gasteiger charge is 2.06. The van der Waals surface area contributed by atoms with Crippen molar-refractivity contribution in [3.63, 3.8) is 0 Å². The summed E-state index contributed by atoms with van der Waals surface area (Å²) in [6.45, 7) is 0. The summed E-state index contributed by atoms with van der Waals surface area (Å²) >= 11 is 0. The molecule has 2 aromatic rings. The third kappa shape index (κ3) is 2.67. The SMILES string of the molecule is N[C@@H](Cc1cccc(F)c1)c1ccccc1. The van der Waals surface area contributed by atoms with Crippen LogP contribution in [0.5, 0.6) is 0 Å². The zero-order valence-corrected chi connectivity index (χ0v) is 8.94. The Hall–Kier alpha value is -1.67. The Bertz CT molecular complexity index is 453. The van der Waals surface area contributed by atoms with E-state index < -0.39 is 0 Å². The molecule has 0 unspecified atom stereocenters. The van der Waals surface area contributed by atoms with Crippen molar-refractivity contribution in [3.05, 3.63) is 71.5 Å². The van der Waals surface area contributed by atoms with E-state index in [0.717, 1.165) is 11.1 Å². The average molecular weight is 215 g/mol. The van der Waals surface area contributed by atoms with Crippen LogP contribution in [0, 0.1) is 5.82 Å². The van der Waals surface area contributed by atoms with Crippen LogP contribution in [0.3, 0.4) is 0 Å². The van der Waals surface area contributed by atoms with Gasteiger partial charge in [-0.25, -0.2) is 4.39 Å². The fourth-order valence-corrected chi connectivity index (χ4v) is 1.74.